The highest BCUT2D eigenvalue weighted by molar-refractivity contribution is 5.36. The van der Waals surface area contributed by atoms with Crippen molar-refractivity contribution in [2.75, 3.05) is 26.1 Å². The molecule has 0 fully saturated rings. The van der Waals surface area contributed by atoms with Crippen LogP contribution in [0.1, 0.15) is 102 Å². The van der Waals surface area contributed by atoms with Gasteiger partial charge in [-0.05, 0) is 61.6 Å². The van der Waals surface area contributed by atoms with Gasteiger partial charge < -0.3 is 25.4 Å². The topological polar surface area (TPSA) is 82.0 Å². The Morgan fingerprint density at radius 3 is 2.50 bits per heavy atom. The van der Waals surface area contributed by atoms with Crippen LogP contribution in [0.15, 0.2) is 48.4 Å². The maximum absolute atomic E-state index is 10.9. The summed E-state index contributed by atoms with van der Waals surface area (Å²) in [5.74, 6) is -1.51. The molecule has 0 saturated heterocycles. The second kappa shape index (κ2) is 15.0. The molecular formula is C25H37NO4. The third kappa shape index (κ3) is 9.72. The van der Waals surface area contributed by atoms with Gasteiger partial charge >= 0.3 is 0 Å². The van der Waals surface area contributed by atoms with Gasteiger partial charge in [-0.25, -0.2) is 0 Å². The smallest absolute Gasteiger partial charge is 0.121 e. The van der Waals surface area contributed by atoms with E-state index < -0.39 is 142 Å². The van der Waals surface area contributed by atoms with E-state index in [1.165, 1.54) is 0 Å². The lowest BCUT2D eigenvalue weighted by atomic mass is 10.1. The zero-order valence-electron chi connectivity index (χ0n) is 45.0. The minimum absolute atomic E-state index is 0.534. The Morgan fingerprint density at radius 1 is 1.00 bits per heavy atom. The Kier molecular flexibility index (Phi) is 2.94. The van der Waals surface area contributed by atoms with Gasteiger partial charge in [-0.1, -0.05) is 49.0 Å². The molecule has 0 heterocycles. The normalized spacial score (nSPS) is 32.6. The lowest BCUT2D eigenvalue weighted by Crippen LogP contribution is -2.22. The Balaban J connectivity index is 2.65. The first kappa shape index (κ1) is 5.90. The number of aliphatic hydroxyl groups is 2. The van der Waals surface area contributed by atoms with Crippen LogP contribution in [0.2, 0.25) is 0 Å². The first-order chi connectivity index (χ1) is 26.0. The van der Waals surface area contributed by atoms with Crippen molar-refractivity contribution < 1.29 is 61.2 Å². The molecule has 0 amide bonds. The molecule has 5 heteroatoms. The number of hydrogen-bond donors (Lipinski definition) is 4. The molecule has 2 aromatic rings. The Hall–Kier alpha value is -1.92. The van der Waals surface area contributed by atoms with Gasteiger partial charge in [0.15, 0.2) is 0 Å². The summed E-state index contributed by atoms with van der Waals surface area (Å²) in [4.78, 5) is 0. The van der Waals surface area contributed by atoms with Crippen LogP contribution in [0.3, 0.4) is 0 Å². The number of phenols is 1. The zero-order chi connectivity index (χ0) is 48.2. The average Bonchev–Trinajstić information content (AvgIpc) is 3.00. The number of rotatable bonds is 16. The molecule has 5 nitrogen and oxygen atoms in total. The van der Waals surface area contributed by atoms with Crippen molar-refractivity contribution >= 4 is 0 Å². The first-order valence-electron chi connectivity index (χ1n) is 22.8. The van der Waals surface area contributed by atoms with Crippen LogP contribution >= 0.6 is 0 Å². The highest BCUT2D eigenvalue weighted by atomic mass is 16.5. The maximum atomic E-state index is 10.9. The van der Waals surface area contributed by atoms with Crippen molar-refractivity contribution in [2.45, 2.75) is 57.3 Å². The lowest BCUT2D eigenvalue weighted by Gasteiger charge is -2.14. The molecule has 0 saturated carbocycles. The van der Waals surface area contributed by atoms with Gasteiger partial charge in [-0.2, -0.15) is 0 Å². The van der Waals surface area contributed by atoms with Gasteiger partial charge in [0.1, 0.15) is 5.75 Å². The number of nitrogens with one attached hydrogen (secondary N) is 1. The van der Waals surface area contributed by atoms with Gasteiger partial charge in [-0.15, -0.1) is 0 Å². The zero-order valence-corrected chi connectivity index (χ0v) is 15.0. The molecule has 30 heavy (non-hydrogen) atoms. The van der Waals surface area contributed by atoms with E-state index in [-0.39, 0.29) is 0 Å². The summed E-state index contributed by atoms with van der Waals surface area (Å²) in [5.41, 5.74) is -4.14. The van der Waals surface area contributed by atoms with Gasteiger partial charge in [0, 0.05) is 49.9 Å². The van der Waals surface area contributed by atoms with E-state index in [0.717, 1.165) is 5.32 Å². The van der Waals surface area contributed by atoms with Crippen molar-refractivity contribution in [1.29, 1.82) is 0 Å². The predicted octanol–water partition coefficient (Wildman–Crippen LogP) is 4.11. The molecule has 0 aromatic heterocycles. The van der Waals surface area contributed by atoms with Crippen LogP contribution in [0.5, 0.6) is 5.75 Å². The number of hydrogen-bond acceptors (Lipinski definition) is 5. The van der Waals surface area contributed by atoms with Gasteiger partial charge in [0.25, 0.3) is 0 Å². The summed E-state index contributed by atoms with van der Waals surface area (Å²) in [5, 5.41) is 31.8. The van der Waals surface area contributed by atoms with E-state index in [1.54, 1.807) is 0 Å². The van der Waals surface area contributed by atoms with Crippen LogP contribution < -0.4 is 5.32 Å². The monoisotopic (exact) mass is 445 g/mol. The summed E-state index contributed by atoms with van der Waals surface area (Å²) in [6.07, 6.45) is -35.3. The summed E-state index contributed by atoms with van der Waals surface area (Å²) >= 11 is 0. The molecule has 1 atom stereocenters. The SMILES string of the molecule is [2H]c1cc([2H])c(C([2H])([2H])C([2H])([2H])C([2H])([2H])C([2H])([2H])OC([2H])([2H])C([2H])([2H])C([2H])([2H])C([2H])([2H])C([2H])([2H])C([2H])([2H])NC([2H])([2H])C(O)c2c([2H])c([2H])c(O)c(C([2H])([2H])O)c2[2H])c([2H])c1. The number of aliphatic hydroxyl groups excluding tert-OH is 1. The second-order valence-electron chi connectivity index (χ2n) is 4.72. The van der Waals surface area contributed by atoms with Gasteiger partial charge in [0.2, 0.25) is 0 Å². The van der Waals surface area contributed by atoms with Crippen molar-refractivity contribution in [3.63, 3.8) is 0 Å². The molecule has 0 aliphatic heterocycles. The summed E-state index contributed by atoms with van der Waals surface area (Å²) in [6, 6.07) is -5.69. The average molecular weight is 446 g/mol. The van der Waals surface area contributed by atoms with E-state index in [9.17, 15) is 15.3 Å². The molecule has 2 rings (SSSR count). The van der Waals surface area contributed by atoms with Crippen molar-refractivity contribution in [3.8, 4) is 5.75 Å². The summed E-state index contributed by atoms with van der Waals surface area (Å²) in [6.45, 7) is -21.6. The summed E-state index contributed by atoms with van der Waals surface area (Å²) in [7, 11) is 0. The quantitative estimate of drug-likeness (QED) is 0.313. The molecule has 0 aliphatic rings. The molecule has 0 spiro atoms. The largest absolute Gasteiger partial charge is 0.508 e. The predicted molar refractivity (Wildman–Crippen MR) is 121 cm³/mol. The lowest BCUT2D eigenvalue weighted by molar-refractivity contribution is 0.126. The number of ether oxygens (including phenoxy) is 1. The van der Waals surface area contributed by atoms with Gasteiger partial charge in [0.05, 0.1) is 29.1 Å². The fraction of sp³-hybridized carbons (Fsp3) is 0.520. The van der Waals surface area contributed by atoms with Crippen LogP contribution in [-0.2, 0) is 17.7 Å². The number of aromatic hydroxyl groups is 1. The maximum Gasteiger partial charge on any atom is 0.121 e. The molecule has 0 radical (unpaired) electrons. The first-order valence-corrected chi connectivity index (χ1v) is 7.85. The van der Waals surface area contributed by atoms with Crippen molar-refractivity contribution in [1.82, 2.24) is 5.32 Å². The van der Waals surface area contributed by atoms with E-state index in [4.69, 9.17) is 41.1 Å². The van der Waals surface area contributed by atoms with Crippen LogP contribution in [-0.4, -0.2) is 41.4 Å². The van der Waals surface area contributed by atoms with E-state index in [2.05, 4.69) is 4.74 Å². The van der Waals surface area contributed by atoms with Crippen LogP contribution in [0.25, 0.3) is 0 Å². The van der Waals surface area contributed by atoms with E-state index >= 15 is 0 Å². The molecular weight excluding hydrogens is 378 g/mol. The molecule has 2 aromatic carbocycles. The van der Waals surface area contributed by atoms with Crippen LogP contribution in [0.4, 0.5) is 0 Å². The van der Waals surface area contributed by atoms with Crippen molar-refractivity contribution in [3.05, 3.63) is 65.1 Å². The van der Waals surface area contributed by atoms with E-state index in [0.29, 0.717) is 12.1 Å². The second-order valence-corrected chi connectivity index (χ2v) is 4.72. The molecule has 4 N–H and O–H groups in total. The highest BCUT2D eigenvalue weighted by Gasteiger charge is 2.09. The summed E-state index contributed by atoms with van der Waals surface area (Å²) < 4.78 is 247. The number of benzene rings is 2. The Bertz CT molecular complexity index is 1930. The third-order valence-corrected chi connectivity index (χ3v) is 2.77. The highest BCUT2D eigenvalue weighted by Crippen LogP contribution is 2.22. The fourth-order valence-corrected chi connectivity index (χ4v) is 1.54. The Labute approximate surface area is 222 Å². The minimum atomic E-state index is -4.89. The molecule has 0 aliphatic carbocycles. The van der Waals surface area contributed by atoms with Crippen molar-refractivity contribution in [2.24, 2.45) is 0 Å². The standard InChI is InChI=1S/C25H37NO4/c27-20-23-18-22(13-14-24(23)28)25(29)19-26-15-7-1-2-8-16-30-17-9-6-12-21-10-4-3-5-11-21/h3-5,10-11,13-14,18,25-29H,1-2,6-9,12,15-17,19-20H2/i1D2,2D2,3D,6D2,7D2,8D2,9D2,10D,11D,12D2,13D,14D,15D2,16D2,17D2,18D,19D2,20D2. The van der Waals surface area contributed by atoms with E-state index in [1.807, 2.05) is 0 Å². The molecule has 0 bridgehead atoms. The van der Waals surface area contributed by atoms with Crippen LogP contribution in [0, 0.1) is 0 Å². The Morgan fingerprint density at radius 2 is 1.73 bits per heavy atom. The van der Waals surface area contributed by atoms with Gasteiger partial charge in [-0.3, -0.25) is 0 Å². The minimum Gasteiger partial charge on any atom is -0.508 e. The fourth-order valence-electron chi connectivity index (χ4n) is 1.54. The molecule has 166 valence electrons. The third-order valence-electron chi connectivity index (χ3n) is 2.77. The molecule has 1 unspecified atom stereocenters.